The molecule has 0 bridgehead atoms. The summed E-state index contributed by atoms with van der Waals surface area (Å²) < 4.78 is 23.6. The van der Waals surface area contributed by atoms with E-state index in [-0.39, 0.29) is 17.5 Å². The van der Waals surface area contributed by atoms with Gasteiger partial charge in [-0.15, -0.1) is 0 Å². The highest BCUT2D eigenvalue weighted by atomic mass is 35.5. The topological polar surface area (TPSA) is 122 Å². The van der Waals surface area contributed by atoms with Crippen LogP contribution in [-0.2, 0) is 9.84 Å². The Morgan fingerprint density at radius 1 is 1.31 bits per heavy atom. The third-order valence-corrected chi connectivity index (χ3v) is 8.37. The highest BCUT2D eigenvalue weighted by Crippen LogP contribution is 2.34. The molecule has 2 aromatic rings. The van der Waals surface area contributed by atoms with Crippen LogP contribution < -0.4 is 10.2 Å². The molecule has 2 aliphatic rings. The summed E-state index contributed by atoms with van der Waals surface area (Å²) in [6.07, 6.45) is 5.04. The molecule has 1 aromatic carbocycles. The molecule has 0 saturated carbocycles. The minimum atomic E-state index is -3.36. The number of halogens is 1. The van der Waals surface area contributed by atoms with Crippen LogP contribution in [0.3, 0.4) is 0 Å². The molecule has 1 unspecified atom stereocenters. The van der Waals surface area contributed by atoms with E-state index in [4.69, 9.17) is 11.6 Å². The fourth-order valence-corrected chi connectivity index (χ4v) is 5.94. The second-order valence-electron chi connectivity index (χ2n) is 9.46. The zero-order valence-corrected chi connectivity index (χ0v) is 21.6. The number of rotatable bonds is 8. The Morgan fingerprint density at radius 3 is 2.74 bits per heavy atom. The summed E-state index contributed by atoms with van der Waals surface area (Å²) in [5, 5.41) is 22.4. The van der Waals surface area contributed by atoms with E-state index in [1.807, 2.05) is 6.92 Å². The number of anilines is 2. The maximum absolute atomic E-state index is 11.8. The van der Waals surface area contributed by atoms with Crippen molar-refractivity contribution in [1.29, 1.82) is 5.26 Å². The molecular formula is C24H31ClN6O3S. The Balaban J connectivity index is 1.44. The summed E-state index contributed by atoms with van der Waals surface area (Å²) in [6.45, 7) is 6.64. The van der Waals surface area contributed by atoms with Crippen molar-refractivity contribution >= 4 is 33.2 Å². The number of hydrogen-bond acceptors (Lipinski definition) is 9. The monoisotopic (exact) mass is 518 g/mol. The lowest BCUT2D eigenvalue weighted by atomic mass is 9.81. The summed E-state index contributed by atoms with van der Waals surface area (Å²) in [5.74, 6) is 2.18. The van der Waals surface area contributed by atoms with E-state index in [0.717, 1.165) is 45.4 Å². The quantitative estimate of drug-likeness (QED) is 0.543. The first-order valence-electron chi connectivity index (χ1n) is 11.8. The van der Waals surface area contributed by atoms with E-state index in [9.17, 15) is 18.8 Å². The third kappa shape index (κ3) is 5.86. The van der Waals surface area contributed by atoms with Gasteiger partial charge in [-0.05, 0) is 55.8 Å². The normalized spacial score (nSPS) is 20.2. The second kappa shape index (κ2) is 10.7. The largest absolute Gasteiger partial charge is 0.395 e. The fraction of sp³-hybridized carbons (Fsp3) is 0.542. The number of likely N-dealkylation sites (tertiary alicyclic amines) is 1. The molecule has 2 saturated heterocycles. The van der Waals surface area contributed by atoms with Crippen molar-refractivity contribution in [3.05, 3.63) is 40.5 Å². The lowest BCUT2D eigenvalue weighted by Gasteiger charge is -2.46. The molecule has 0 spiro atoms. The van der Waals surface area contributed by atoms with Crippen molar-refractivity contribution in [3.63, 3.8) is 0 Å². The van der Waals surface area contributed by atoms with Gasteiger partial charge in [0, 0.05) is 37.5 Å². The van der Waals surface area contributed by atoms with Gasteiger partial charge in [-0.3, -0.25) is 0 Å². The predicted molar refractivity (Wildman–Crippen MR) is 135 cm³/mol. The molecule has 35 heavy (non-hydrogen) atoms. The number of β-amino-alcohol motifs (C(OH)–C–C–N with tert-alkyl or cyclic N) is 1. The maximum Gasteiger partial charge on any atom is 0.227 e. The minimum absolute atomic E-state index is 0.158. The summed E-state index contributed by atoms with van der Waals surface area (Å²) in [6, 6.07) is 6.46. The molecule has 188 valence electrons. The van der Waals surface area contributed by atoms with E-state index >= 15 is 0 Å². The summed E-state index contributed by atoms with van der Waals surface area (Å²) in [4.78, 5) is 13.7. The molecule has 2 aliphatic heterocycles. The number of benzene rings is 1. The van der Waals surface area contributed by atoms with Crippen molar-refractivity contribution in [2.75, 3.05) is 55.8 Å². The van der Waals surface area contributed by atoms with Crippen LogP contribution in [0.4, 0.5) is 11.8 Å². The molecular weight excluding hydrogens is 488 g/mol. The minimum Gasteiger partial charge on any atom is -0.395 e. The molecule has 2 N–H and O–H groups in total. The van der Waals surface area contributed by atoms with Crippen LogP contribution in [0.2, 0.25) is 5.02 Å². The number of nitrogens with one attached hydrogen (secondary N) is 1. The van der Waals surface area contributed by atoms with Gasteiger partial charge in [0.05, 0.1) is 23.7 Å². The van der Waals surface area contributed by atoms with Crippen LogP contribution in [-0.4, -0.2) is 74.0 Å². The maximum atomic E-state index is 11.8. The van der Waals surface area contributed by atoms with Crippen molar-refractivity contribution < 1.29 is 13.5 Å². The van der Waals surface area contributed by atoms with Gasteiger partial charge in [0.25, 0.3) is 0 Å². The molecule has 4 rings (SSSR count). The number of hydrogen-bond donors (Lipinski definition) is 2. The van der Waals surface area contributed by atoms with Crippen LogP contribution in [0.1, 0.15) is 36.9 Å². The van der Waals surface area contributed by atoms with Gasteiger partial charge in [-0.25, -0.2) is 13.4 Å². The summed E-state index contributed by atoms with van der Waals surface area (Å²) in [5.41, 5.74) is 1.03. The van der Waals surface area contributed by atoms with Gasteiger partial charge in [-0.1, -0.05) is 17.7 Å². The first-order chi connectivity index (χ1) is 16.7. The third-order valence-electron chi connectivity index (χ3n) is 6.93. The molecule has 0 radical (unpaired) electrons. The molecule has 2 fully saturated rings. The van der Waals surface area contributed by atoms with Gasteiger partial charge in [0.1, 0.15) is 17.5 Å². The SMILES string of the molecule is C[C@@H](Nc1nc(N2CC(C3CCCN(CCO)C3)C2)ncc1C#N)c1ccc(S(C)(=O)=O)cc1Cl. The van der Waals surface area contributed by atoms with Crippen molar-refractivity contribution in [1.82, 2.24) is 14.9 Å². The van der Waals surface area contributed by atoms with Crippen LogP contribution in [0.15, 0.2) is 29.3 Å². The lowest BCUT2D eigenvalue weighted by Crippen LogP contribution is -2.54. The molecule has 3 heterocycles. The van der Waals surface area contributed by atoms with Crippen LogP contribution in [0.5, 0.6) is 0 Å². The zero-order valence-electron chi connectivity index (χ0n) is 20.0. The van der Waals surface area contributed by atoms with E-state index < -0.39 is 9.84 Å². The van der Waals surface area contributed by atoms with Gasteiger partial charge < -0.3 is 20.2 Å². The predicted octanol–water partition coefficient (Wildman–Crippen LogP) is 2.72. The number of aromatic nitrogens is 2. The number of piperidine rings is 1. The Labute approximate surface area is 211 Å². The number of aliphatic hydroxyl groups is 1. The van der Waals surface area contributed by atoms with Crippen molar-refractivity contribution in [2.45, 2.75) is 30.7 Å². The van der Waals surface area contributed by atoms with Crippen LogP contribution in [0, 0.1) is 23.2 Å². The highest BCUT2D eigenvalue weighted by molar-refractivity contribution is 7.90. The number of nitriles is 1. The smallest absolute Gasteiger partial charge is 0.227 e. The molecule has 2 atom stereocenters. The lowest BCUT2D eigenvalue weighted by molar-refractivity contribution is 0.101. The molecule has 0 aliphatic carbocycles. The molecule has 0 amide bonds. The van der Waals surface area contributed by atoms with Gasteiger partial charge in [0.2, 0.25) is 5.95 Å². The number of aliphatic hydroxyl groups excluding tert-OH is 1. The van der Waals surface area contributed by atoms with Gasteiger partial charge >= 0.3 is 0 Å². The Hall–Kier alpha value is -2.45. The number of sulfone groups is 1. The second-order valence-corrected chi connectivity index (χ2v) is 11.9. The van der Waals surface area contributed by atoms with Crippen molar-refractivity contribution in [2.24, 2.45) is 11.8 Å². The van der Waals surface area contributed by atoms with E-state index in [1.54, 1.807) is 6.07 Å². The van der Waals surface area contributed by atoms with E-state index in [0.29, 0.717) is 39.8 Å². The summed E-state index contributed by atoms with van der Waals surface area (Å²) in [7, 11) is -3.36. The molecule has 9 nitrogen and oxygen atoms in total. The Bertz CT molecular complexity index is 1210. The Morgan fingerprint density at radius 2 is 2.09 bits per heavy atom. The first-order valence-corrected chi connectivity index (χ1v) is 14.1. The van der Waals surface area contributed by atoms with Crippen molar-refractivity contribution in [3.8, 4) is 6.07 Å². The molecule has 11 heteroatoms. The average Bonchev–Trinajstić information content (AvgIpc) is 2.78. The average molecular weight is 519 g/mol. The van der Waals surface area contributed by atoms with Gasteiger partial charge in [0.15, 0.2) is 9.84 Å². The highest BCUT2D eigenvalue weighted by Gasteiger charge is 2.37. The van der Waals surface area contributed by atoms with Crippen LogP contribution in [0.25, 0.3) is 0 Å². The number of nitrogens with zero attached hydrogens (tertiary/aromatic N) is 5. The van der Waals surface area contributed by atoms with Crippen LogP contribution >= 0.6 is 11.6 Å². The van der Waals surface area contributed by atoms with Gasteiger partial charge in [-0.2, -0.15) is 10.2 Å². The molecule has 1 aromatic heterocycles. The first kappa shape index (κ1) is 25.6. The van der Waals surface area contributed by atoms with E-state index in [1.165, 1.54) is 24.8 Å². The standard InChI is InChI=1S/C24H31ClN6O3S/c1-16(21-6-5-20(10-22(21)25)35(2,33)34)28-23-18(11-26)12-27-24(29-23)31-14-19(15-31)17-4-3-7-30(13-17)8-9-32/h5-6,10,12,16-17,19,32H,3-4,7-9,13-15H2,1-2H3,(H,27,28,29)/t16-,17?/m1/s1. The van der Waals surface area contributed by atoms with E-state index in [2.05, 4.69) is 31.2 Å². The summed E-state index contributed by atoms with van der Waals surface area (Å²) >= 11 is 6.38. The zero-order chi connectivity index (χ0) is 25.2. The Kier molecular flexibility index (Phi) is 7.81. The fourth-order valence-electron chi connectivity index (χ4n) is 4.88.